The number of hydrogen-bond acceptors (Lipinski definition) is 6. The van der Waals surface area contributed by atoms with Crippen molar-refractivity contribution in [3.8, 4) is 6.07 Å². The highest BCUT2D eigenvalue weighted by atomic mass is 35.5. The Labute approximate surface area is 181 Å². The zero-order chi connectivity index (χ0) is 21.5. The van der Waals surface area contributed by atoms with Crippen LogP contribution in [-0.4, -0.2) is 67.7 Å². The number of nitriles is 1. The normalized spacial score (nSPS) is 20.3. The third-order valence-electron chi connectivity index (χ3n) is 5.24. The second-order valence-corrected chi connectivity index (χ2v) is 7.66. The fourth-order valence-corrected chi connectivity index (χ4v) is 3.83. The summed E-state index contributed by atoms with van der Waals surface area (Å²) in [4.78, 5) is 29.6. The van der Waals surface area contributed by atoms with Crippen LogP contribution in [0.4, 0.5) is 4.79 Å². The van der Waals surface area contributed by atoms with Crippen molar-refractivity contribution in [3.63, 3.8) is 0 Å². The Morgan fingerprint density at radius 3 is 2.53 bits per heavy atom. The number of hydrogen-bond donors (Lipinski definition) is 2. The van der Waals surface area contributed by atoms with E-state index < -0.39 is 12.0 Å². The molecule has 1 aromatic rings. The second-order valence-electron chi connectivity index (χ2n) is 7.22. The van der Waals surface area contributed by atoms with Gasteiger partial charge in [0.25, 0.3) is 0 Å². The molecule has 1 atom stereocenters. The van der Waals surface area contributed by atoms with Gasteiger partial charge in [0.05, 0.1) is 24.3 Å². The van der Waals surface area contributed by atoms with Gasteiger partial charge >= 0.3 is 12.0 Å². The number of ether oxygens (including phenoxy) is 1. The molecule has 3 rings (SSSR count). The SMILES string of the molecule is CCOC(=O)C1=C(CN2CCN(CCC#N)CC2)NC(=O)NC1c1ccc(Cl)cc1. The number of nitrogens with one attached hydrogen (secondary N) is 2. The number of carbonyl (C=O) groups excluding carboxylic acids is 2. The predicted molar refractivity (Wildman–Crippen MR) is 113 cm³/mol. The summed E-state index contributed by atoms with van der Waals surface area (Å²) >= 11 is 6.00. The molecular formula is C21H26ClN5O3. The van der Waals surface area contributed by atoms with Gasteiger partial charge in [-0.2, -0.15) is 5.26 Å². The lowest BCUT2D eigenvalue weighted by molar-refractivity contribution is -0.139. The fourth-order valence-electron chi connectivity index (χ4n) is 3.70. The first-order valence-electron chi connectivity index (χ1n) is 10.1. The zero-order valence-electron chi connectivity index (χ0n) is 17.0. The molecule has 0 saturated carbocycles. The second kappa shape index (κ2) is 10.4. The Balaban J connectivity index is 1.83. The van der Waals surface area contributed by atoms with Crippen LogP contribution in [0.2, 0.25) is 5.02 Å². The first-order chi connectivity index (χ1) is 14.5. The zero-order valence-corrected chi connectivity index (χ0v) is 17.7. The van der Waals surface area contributed by atoms with E-state index in [-0.39, 0.29) is 12.6 Å². The fraction of sp³-hybridized carbons (Fsp3) is 0.476. The molecule has 0 aromatic heterocycles. The average molecular weight is 432 g/mol. The van der Waals surface area contributed by atoms with Crippen molar-refractivity contribution in [3.05, 3.63) is 46.1 Å². The molecule has 0 aliphatic carbocycles. The number of amides is 2. The van der Waals surface area contributed by atoms with Crippen LogP contribution in [0.1, 0.15) is 24.9 Å². The molecule has 0 radical (unpaired) electrons. The number of esters is 1. The smallest absolute Gasteiger partial charge is 0.338 e. The molecular weight excluding hydrogens is 406 g/mol. The van der Waals surface area contributed by atoms with Crippen LogP contribution in [0.15, 0.2) is 35.5 Å². The minimum absolute atomic E-state index is 0.245. The van der Waals surface area contributed by atoms with Crippen LogP contribution in [-0.2, 0) is 9.53 Å². The third-order valence-corrected chi connectivity index (χ3v) is 5.49. The van der Waals surface area contributed by atoms with Crippen LogP contribution in [0.3, 0.4) is 0 Å². The van der Waals surface area contributed by atoms with Crippen LogP contribution in [0.25, 0.3) is 0 Å². The molecule has 1 unspecified atom stereocenters. The molecule has 1 aromatic carbocycles. The van der Waals surface area contributed by atoms with Gasteiger partial charge in [-0.25, -0.2) is 9.59 Å². The third kappa shape index (κ3) is 5.51. The van der Waals surface area contributed by atoms with Gasteiger partial charge in [-0.05, 0) is 24.6 Å². The molecule has 0 bridgehead atoms. The van der Waals surface area contributed by atoms with Crippen LogP contribution < -0.4 is 10.6 Å². The summed E-state index contributed by atoms with van der Waals surface area (Å²) in [5.41, 5.74) is 1.73. The Kier molecular flexibility index (Phi) is 7.69. The van der Waals surface area contributed by atoms with Gasteiger partial charge in [-0.1, -0.05) is 23.7 Å². The standard InChI is InChI=1S/C21H26ClN5O3/c1-2-30-20(28)18-17(14-27-12-10-26(11-13-27)9-3-8-23)24-21(29)25-19(18)15-4-6-16(22)7-5-15/h4-7,19H,2-3,9-14H2,1H3,(H2,24,25,29). The van der Waals surface area contributed by atoms with E-state index in [1.165, 1.54) is 0 Å². The Morgan fingerprint density at radius 1 is 1.23 bits per heavy atom. The average Bonchev–Trinajstić information content (AvgIpc) is 2.73. The van der Waals surface area contributed by atoms with Crippen molar-refractivity contribution in [1.82, 2.24) is 20.4 Å². The van der Waals surface area contributed by atoms with E-state index in [9.17, 15) is 9.59 Å². The molecule has 0 spiro atoms. The highest BCUT2D eigenvalue weighted by molar-refractivity contribution is 6.30. The van der Waals surface area contributed by atoms with Crippen molar-refractivity contribution >= 4 is 23.6 Å². The lowest BCUT2D eigenvalue weighted by Crippen LogP contribution is -2.51. The monoisotopic (exact) mass is 431 g/mol. The predicted octanol–water partition coefficient (Wildman–Crippen LogP) is 2.04. The van der Waals surface area contributed by atoms with E-state index in [0.717, 1.165) is 38.3 Å². The van der Waals surface area contributed by atoms with Crippen LogP contribution in [0, 0.1) is 11.3 Å². The summed E-state index contributed by atoms with van der Waals surface area (Å²) in [5, 5.41) is 15.0. The van der Waals surface area contributed by atoms with E-state index in [4.69, 9.17) is 21.6 Å². The molecule has 8 nitrogen and oxygen atoms in total. The van der Waals surface area contributed by atoms with Crippen molar-refractivity contribution < 1.29 is 14.3 Å². The van der Waals surface area contributed by atoms with Crippen molar-refractivity contribution in [2.75, 3.05) is 45.9 Å². The molecule has 2 N–H and O–H groups in total. The van der Waals surface area contributed by atoms with E-state index in [1.54, 1.807) is 31.2 Å². The molecule has 2 amide bonds. The molecule has 2 heterocycles. The molecule has 2 aliphatic rings. The van der Waals surface area contributed by atoms with Gasteiger partial charge in [0, 0.05) is 56.4 Å². The summed E-state index contributed by atoms with van der Waals surface area (Å²) in [6.07, 6.45) is 0.517. The minimum Gasteiger partial charge on any atom is -0.463 e. The summed E-state index contributed by atoms with van der Waals surface area (Å²) in [5.74, 6) is -0.451. The first-order valence-corrected chi connectivity index (χ1v) is 10.4. The summed E-state index contributed by atoms with van der Waals surface area (Å²) < 4.78 is 5.30. The quantitative estimate of drug-likeness (QED) is 0.641. The first kappa shape index (κ1) is 22.1. The molecule has 1 saturated heterocycles. The van der Waals surface area contributed by atoms with Crippen molar-refractivity contribution in [2.24, 2.45) is 0 Å². The number of benzene rings is 1. The minimum atomic E-state index is -0.609. The van der Waals surface area contributed by atoms with Gasteiger partial charge in [0.2, 0.25) is 0 Å². The molecule has 2 aliphatic heterocycles. The van der Waals surface area contributed by atoms with Crippen molar-refractivity contribution in [1.29, 1.82) is 5.26 Å². The topological polar surface area (TPSA) is 97.7 Å². The Morgan fingerprint density at radius 2 is 1.90 bits per heavy atom. The summed E-state index contributed by atoms with van der Waals surface area (Å²) in [6, 6.07) is 8.26. The summed E-state index contributed by atoms with van der Waals surface area (Å²) in [6.45, 7) is 6.48. The lowest BCUT2D eigenvalue weighted by Gasteiger charge is -2.36. The molecule has 1 fully saturated rings. The molecule has 9 heteroatoms. The largest absolute Gasteiger partial charge is 0.463 e. The summed E-state index contributed by atoms with van der Waals surface area (Å²) in [7, 11) is 0. The number of rotatable bonds is 7. The molecule has 160 valence electrons. The number of carbonyl (C=O) groups is 2. The van der Waals surface area contributed by atoms with Gasteiger partial charge < -0.3 is 15.4 Å². The van der Waals surface area contributed by atoms with Gasteiger partial charge in [0.15, 0.2) is 0 Å². The van der Waals surface area contributed by atoms with E-state index in [0.29, 0.717) is 29.3 Å². The van der Waals surface area contributed by atoms with Crippen LogP contribution >= 0.6 is 11.6 Å². The maximum Gasteiger partial charge on any atom is 0.338 e. The van der Waals surface area contributed by atoms with Gasteiger partial charge in [-0.15, -0.1) is 0 Å². The lowest BCUT2D eigenvalue weighted by atomic mass is 9.95. The van der Waals surface area contributed by atoms with Crippen molar-refractivity contribution in [2.45, 2.75) is 19.4 Å². The number of halogens is 1. The van der Waals surface area contributed by atoms with Gasteiger partial charge in [0.1, 0.15) is 0 Å². The molecule has 30 heavy (non-hydrogen) atoms. The van der Waals surface area contributed by atoms with E-state index in [2.05, 4.69) is 26.5 Å². The Hall–Kier alpha value is -2.60. The van der Waals surface area contributed by atoms with E-state index in [1.807, 2.05) is 0 Å². The highest BCUT2D eigenvalue weighted by Crippen LogP contribution is 2.29. The number of urea groups is 1. The maximum atomic E-state index is 12.8. The maximum absolute atomic E-state index is 12.8. The highest BCUT2D eigenvalue weighted by Gasteiger charge is 2.34. The number of piperazine rings is 1. The van der Waals surface area contributed by atoms with Gasteiger partial charge in [-0.3, -0.25) is 9.80 Å². The number of nitrogens with zero attached hydrogens (tertiary/aromatic N) is 3. The van der Waals surface area contributed by atoms with E-state index >= 15 is 0 Å². The van der Waals surface area contributed by atoms with Crippen LogP contribution in [0.5, 0.6) is 0 Å². The Bertz CT molecular complexity index is 841.